The summed E-state index contributed by atoms with van der Waals surface area (Å²) in [7, 11) is -0.889. The van der Waals surface area contributed by atoms with Crippen LogP contribution in [0.2, 0.25) is 0 Å². The summed E-state index contributed by atoms with van der Waals surface area (Å²) in [6, 6.07) is 0. The van der Waals surface area contributed by atoms with E-state index in [-0.39, 0.29) is 11.2 Å². The van der Waals surface area contributed by atoms with Crippen molar-refractivity contribution in [2.75, 3.05) is 32.5 Å². The minimum Gasteiger partial charge on any atom is -0.378 e. The topological polar surface area (TPSA) is 67.4 Å². The largest absolute Gasteiger partial charge is 0.378 e. The highest BCUT2D eigenvalue weighted by Crippen LogP contribution is 2.07. The maximum absolute atomic E-state index is 11.5. The standard InChI is InChI=1S/C12H24N2O3S/c1-10(18(2)16)9-14-12(15)5-8-17-11-3-6-13-7-4-11/h10-11,13H,3-9H2,1-2H3,(H,14,15). The molecule has 2 N–H and O–H groups in total. The predicted molar refractivity (Wildman–Crippen MR) is 73.0 cm³/mol. The second-order valence-electron chi connectivity index (χ2n) is 4.68. The molecule has 0 aromatic rings. The van der Waals surface area contributed by atoms with E-state index in [1.165, 1.54) is 0 Å². The third-order valence-corrected chi connectivity index (χ3v) is 4.42. The van der Waals surface area contributed by atoms with Gasteiger partial charge in [0.1, 0.15) is 0 Å². The van der Waals surface area contributed by atoms with Crippen molar-refractivity contribution in [1.82, 2.24) is 10.6 Å². The van der Waals surface area contributed by atoms with E-state index in [0.717, 1.165) is 25.9 Å². The van der Waals surface area contributed by atoms with E-state index < -0.39 is 10.8 Å². The number of hydrogen-bond donors (Lipinski definition) is 2. The van der Waals surface area contributed by atoms with Crippen molar-refractivity contribution in [1.29, 1.82) is 0 Å². The van der Waals surface area contributed by atoms with Gasteiger partial charge in [-0.1, -0.05) is 0 Å². The van der Waals surface area contributed by atoms with Gasteiger partial charge in [-0.15, -0.1) is 0 Å². The fourth-order valence-electron chi connectivity index (χ4n) is 1.74. The van der Waals surface area contributed by atoms with Crippen molar-refractivity contribution in [3.8, 4) is 0 Å². The molecule has 18 heavy (non-hydrogen) atoms. The molecule has 2 unspecified atom stereocenters. The summed E-state index contributed by atoms with van der Waals surface area (Å²) in [5.41, 5.74) is 0. The molecule has 5 nitrogen and oxygen atoms in total. The van der Waals surface area contributed by atoms with Crippen LogP contribution in [0.25, 0.3) is 0 Å². The molecule has 1 aliphatic heterocycles. The number of carbonyl (C=O) groups is 1. The van der Waals surface area contributed by atoms with E-state index in [9.17, 15) is 9.00 Å². The van der Waals surface area contributed by atoms with Crippen LogP contribution in [0, 0.1) is 0 Å². The van der Waals surface area contributed by atoms with Gasteiger partial charge in [-0.3, -0.25) is 9.00 Å². The zero-order valence-corrected chi connectivity index (χ0v) is 12.1. The van der Waals surface area contributed by atoms with Crippen molar-refractivity contribution in [3.63, 3.8) is 0 Å². The average molecular weight is 276 g/mol. The first-order valence-corrected chi connectivity index (χ1v) is 8.13. The van der Waals surface area contributed by atoms with Crippen LogP contribution >= 0.6 is 0 Å². The number of amides is 1. The molecule has 1 aliphatic rings. The summed E-state index contributed by atoms with van der Waals surface area (Å²) < 4.78 is 16.8. The third-order valence-electron chi connectivity index (χ3n) is 3.12. The predicted octanol–water partition coefficient (Wildman–Crippen LogP) is 0.0283. The molecular formula is C12H24N2O3S. The lowest BCUT2D eigenvalue weighted by Gasteiger charge is -2.22. The van der Waals surface area contributed by atoms with Crippen molar-refractivity contribution in [2.24, 2.45) is 0 Å². The number of rotatable bonds is 7. The molecule has 0 aliphatic carbocycles. The first kappa shape index (κ1) is 15.6. The maximum atomic E-state index is 11.5. The van der Waals surface area contributed by atoms with Gasteiger partial charge in [0, 0.05) is 35.3 Å². The number of piperidine rings is 1. The highest BCUT2D eigenvalue weighted by atomic mass is 32.2. The van der Waals surface area contributed by atoms with Crippen LogP contribution in [0.3, 0.4) is 0 Å². The van der Waals surface area contributed by atoms with Gasteiger partial charge in [0.15, 0.2) is 0 Å². The SMILES string of the molecule is CC(CNC(=O)CCOC1CCNCC1)S(C)=O. The first-order valence-electron chi connectivity index (χ1n) is 6.51. The van der Waals surface area contributed by atoms with Crippen LogP contribution in [0.1, 0.15) is 26.2 Å². The van der Waals surface area contributed by atoms with Crippen molar-refractivity contribution >= 4 is 16.7 Å². The zero-order chi connectivity index (χ0) is 13.4. The summed E-state index contributed by atoms with van der Waals surface area (Å²) in [5, 5.41) is 6.05. The van der Waals surface area contributed by atoms with Crippen LogP contribution in [-0.2, 0) is 20.3 Å². The van der Waals surface area contributed by atoms with Gasteiger partial charge >= 0.3 is 0 Å². The fourth-order valence-corrected chi connectivity index (χ4v) is 2.06. The Morgan fingerprint density at radius 3 is 2.78 bits per heavy atom. The van der Waals surface area contributed by atoms with E-state index in [1.54, 1.807) is 6.26 Å². The Labute approximate surface area is 111 Å². The number of ether oxygens (including phenoxy) is 1. The molecule has 1 amide bonds. The molecule has 0 radical (unpaired) electrons. The summed E-state index contributed by atoms with van der Waals surface area (Å²) >= 11 is 0. The summed E-state index contributed by atoms with van der Waals surface area (Å²) in [6.45, 7) is 4.80. The van der Waals surface area contributed by atoms with Crippen molar-refractivity contribution in [2.45, 2.75) is 37.5 Å². The lowest BCUT2D eigenvalue weighted by molar-refractivity contribution is -0.122. The Morgan fingerprint density at radius 2 is 2.17 bits per heavy atom. The van der Waals surface area contributed by atoms with Crippen molar-refractivity contribution in [3.05, 3.63) is 0 Å². The summed E-state index contributed by atoms with van der Waals surface area (Å²) in [4.78, 5) is 11.5. The molecule has 1 rings (SSSR count). The van der Waals surface area contributed by atoms with Gasteiger partial charge in [0.2, 0.25) is 5.91 Å². The van der Waals surface area contributed by atoms with Gasteiger partial charge < -0.3 is 15.4 Å². The molecule has 0 aromatic heterocycles. The molecular weight excluding hydrogens is 252 g/mol. The normalized spacial score (nSPS) is 20.3. The lowest BCUT2D eigenvalue weighted by Crippen LogP contribution is -2.35. The minimum absolute atomic E-state index is 0.000660. The molecule has 0 bridgehead atoms. The van der Waals surface area contributed by atoms with Crippen LogP contribution in [0.4, 0.5) is 0 Å². The fraction of sp³-hybridized carbons (Fsp3) is 0.917. The second kappa shape index (κ2) is 8.61. The van der Waals surface area contributed by atoms with E-state index in [0.29, 0.717) is 25.7 Å². The van der Waals surface area contributed by atoms with Gasteiger partial charge in [-0.05, 0) is 32.9 Å². The molecule has 0 aromatic carbocycles. The average Bonchev–Trinajstić information content (AvgIpc) is 2.37. The second-order valence-corrected chi connectivity index (χ2v) is 6.49. The Morgan fingerprint density at radius 1 is 1.50 bits per heavy atom. The number of carbonyl (C=O) groups excluding carboxylic acids is 1. The van der Waals surface area contributed by atoms with Crippen LogP contribution in [-0.4, -0.2) is 54.0 Å². The molecule has 1 fully saturated rings. The minimum atomic E-state index is -0.889. The van der Waals surface area contributed by atoms with E-state index in [1.807, 2.05) is 6.92 Å². The van der Waals surface area contributed by atoms with E-state index in [4.69, 9.17) is 4.74 Å². The quantitative estimate of drug-likeness (QED) is 0.688. The molecule has 0 spiro atoms. The molecule has 6 heteroatoms. The number of hydrogen-bond acceptors (Lipinski definition) is 4. The van der Waals surface area contributed by atoms with Crippen LogP contribution in [0.5, 0.6) is 0 Å². The van der Waals surface area contributed by atoms with E-state index in [2.05, 4.69) is 10.6 Å². The van der Waals surface area contributed by atoms with Gasteiger partial charge in [0.05, 0.1) is 12.7 Å². The number of nitrogens with one attached hydrogen (secondary N) is 2. The van der Waals surface area contributed by atoms with Gasteiger partial charge in [-0.2, -0.15) is 0 Å². The summed E-state index contributed by atoms with van der Waals surface area (Å²) in [5.74, 6) is -0.0266. The van der Waals surface area contributed by atoms with E-state index >= 15 is 0 Å². The Balaban J connectivity index is 2.04. The molecule has 2 atom stereocenters. The third kappa shape index (κ3) is 6.47. The summed E-state index contributed by atoms with van der Waals surface area (Å²) in [6.07, 6.45) is 4.37. The van der Waals surface area contributed by atoms with Crippen LogP contribution in [0.15, 0.2) is 0 Å². The molecule has 106 valence electrons. The van der Waals surface area contributed by atoms with Gasteiger partial charge in [-0.25, -0.2) is 0 Å². The van der Waals surface area contributed by atoms with Crippen LogP contribution < -0.4 is 10.6 Å². The first-order chi connectivity index (χ1) is 8.59. The Bertz CT molecular complexity index is 280. The monoisotopic (exact) mass is 276 g/mol. The smallest absolute Gasteiger partial charge is 0.222 e. The Kier molecular flexibility index (Phi) is 7.46. The molecule has 0 saturated carbocycles. The zero-order valence-electron chi connectivity index (χ0n) is 11.2. The van der Waals surface area contributed by atoms with Gasteiger partial charge in [0.25, 0.3) is 0 Å². The maximum Gasteiger partial charge on any atom is 0.222 e. The highest BCUT2D eigenvalue weighted by molar-refractivity contribution is 7.84. The lowest BCUT2D eigenvalue weighted by atomic mass is 10.1. The Hall–Kier alpha value is -0.460. The highest BCUT2D eigenvalue weighted by Gasteiger charge is 2.14. The molecule has 1 heterocycles. The molecule has 1 saturated heterocycles. The van der Waals surface area contributed by atoms with Crippen molar-refractivity contribution < 1.29 is 13.7 Å².